The first-order valence-electron chi connectivity index (χ1n) is 8.48. The summed E-state index contributed by atoms with van der Waals surface area (Å²) in [4.78, 5) is 15.1. The van der Waals surface area contributed by atoms with Crippen LogP contribution in [0.3, 0.4) is 0 Å². The molecule has 24 heavy (non-hydrogen) atoms. The summed E-state index contributed by atoms with van der Waals surface area (Å²) in [5.74, 6) is -0.209. The standard InChI is InChI=1S/C20H24N2O2/c1-22-14-12-18(13-15-22)24-20(23)19(16-8-4-2-5-9-16)21-17-10-6-3-7-11-17/h2-11,18-19,21H,12-15H2,1H3/t19-/m1/s1. The molecule has 4 nitrogen and oxygen atoms in total. The van der Waals surface area contributed by atoms with E-state index in [1.54, 1.807) is 0 Å². The lowest BCUT2D eigenvalue weighted by atomic mass is 10.1. The molecule has 0 aliphatic carbocycles. The number of hydrogen-bond acceptors (Lipinski definition) is 4. The maximum Gasteiger partial charge on any atom is 0.333 e. The number of ether oxygens (including phenoxy) is 1. The van der Waals surface area contributed by atoms with Crippen LogP contribution in [0.4, 0.5) is 5.69 Å². The van der Waals surface area contributed by atoms with Crippen molar-refractivity contribution in [1.82, 2.24) is 4.90 Å². The highest BCUT2D eigenvalue weighted by atomic mass is 16.5. The maximum atomic E-state index is 12.8. The molecule has 3 rings (SSSR count). The molecule has 0 bridgehead atoms. The zero-order valence-electron chi connectivity index (χ0n) is 14.0. The van der Waals surface area contributed by atoms with Crippen molar-refractivity contribution in [2.75, 3.05) is 25.5 Å². The van der Waals surface area contributed by atoms with Gasteiger partial charge in [-0.2, -0.15) is 0 Å². The summed E-state index contributed by atoms with van der Waals surface area (Å²) in [5, 5.41) is 3.31. The van der Waals surface area contributed by atoms with E-state index in [-0.39, 0.29) is 12.1 Å². The Morgan fingerprint density at radius 2 is 1.62 bits per heavy atom. The van der Waals surface area contributed by atoms with Gasteiger partial charge in [0.25, 0.3) is 0 Å². The Hall–Kier alpha value is -2.33. The summed E-state index contributed by atoms with van der Waals surface area (Å²) < 4.78 is 5.80. The first kappa shape index (κ1) is 16.5. The third-order valence-corrected chi connectivity index (χ3v) is 4.40. The lowest BCUT2D eigenvalue weighted by Crippen LogP contribution is -2.37. The highest BCUT2D eigenvalue weighted by Gasteiger charge is 2.27. The van der Waals surface area contributed by atoms with Crippen molar-refractivity contribution in [2.24, 2.45) is 0 Å². The van der Waals surface area contributed by atoms with Gasteiger partial charge in [0.05, 0.1) is 0 Å². The number of carbonyl (C=O) groups is 1. The second-order valence-electron chi connectivity index (χ2n) is 6.29. The number of benzene rings is 2. The topological polar surface area (TPSA) is 41.6 Å². The molecule has 2 aromatic rings. The second kappa shape index (κ2) is 7.97. The first-order valence-corrected chi connectivity index (χ1v) is 8.48. The number of piperidine rings is 1. The molecule has 1 N–H and O–H groups in total. The lowest BCUT2D eigenvalue weighted by Gasteiger charge is -2.30. The fourth-order valence-corrected chi connectivity index (χ4v) is 2.96. The van der Waals surface area contributed by atoms with Crippen molar-refractivity contribution < 1.29 is 9.53 Å². The summed E-state index contributed by atoms with van der Waals surface area (Å²) in [7, 11) is 2.10. The van der Waals surface area contributed by atoms with Gasteiger partial charge in [0.2, 0.25) is 0 Å². The Balaban J connectivity index is 1.73. The normalized spacial score (nSPS) is 17.2. The monoisotopic (exact) mass is 324 g/mol. The van der Waals surface area contributed by atoms with Gasteiger partial charge in [0.1, 0.15) is 6.10 Å². The minimum atomic E-state index is -0.492. The van der Waals surface area contributed by atoms with E-state index in [0.717, 1.165) is 37.2 Å². The smallest absolute Gasteiger partial charge is 0.333 e. The van der Waals surface area contributed by atoms with Crippen molar-refractivity contribution in [3.8, 4) is 0 Å². The van der Waals surface area contributed by atoms with Gasteiger partial charge in [-0.15, -0.1) is 0 Å². The number of carbonyl (C=O) groups excluding carboxylic acids is 1. The van der Waals surface area contributed by atoms with Gasteiger partial charge in [-0.05, 0) is 37.6 Å². The first-order chi connectivity index (χ1) is 11.7. The van der Waals surface area contributed by atoms with Crippen molar-refractivity contribution in [3.05, 3.63) is 66.2 Å². The van der Waals surface area contributed by atoms with Crippen LogP contribution < -0.4 is 5.32 Å². The van der Waals surface area contributed by atoms with Crippen LogP contribution >= 0.6 is 0 Å². The molecule has 1 fully saturated rings. The number of hydrogen-bond donors (Lipinski definition) is 1. The molecule has 0 amide bonds. The average Bonchev–Trinajstić information content (AvgIpc) is 2.63. The molecule has 0 aromatic heterocycles. The number of nitrogens with zero attached hydrogens (tertiary/aromatic N) is 1. The third kappa shape index (κ3) is 4.36. The Bertz CT molecular complexity index is 637. The number of likely N-dealkylation sites (tertiary alicyclic amines) is 1. The molecular formula is C20H24N2O2. The SMILES string of the molecule is CN1CCC(OC(=O)[C@H](Nc2ccccc2)c2ccccc2)CC1. The summed E-state index contributed by atoms with van der Waals surface area (Å²) >= 11 is 0. The quantitative estimate of drug-likeness (QED) is 0.855. The molecule has 1 aliphatic rings. The van der Waals surface area contributed by atoms with E-state index < -0.39 is 6.04 Å². The van der Waals surface area contributed by atoms with Crippen LogP contribution in [0.1, 0.15) is 24.4 Å². The fourth-order valence-electron chi connectivity index (χ4n) is 2.96. The van der Waals surface area contributed by atoms with Crippen LogP contribution in [0.2, 0.25) is 0 Å². The lowest BCUT2D eigenvalue weighted by molar-refractivity contribution is -0.152. The van der Waals surface area contributed by atoms with Gasteiger partial charge >= 0.3 is 5.97 Å². The van der Waals surface area contributed by atoms with Crippen molar-refractivity contribution in [2.45, 2.75) is 25.0 Å². The number of anilines is 1. The molecule has 0 spiro atoms. The Kier molecular flexibility index (Phi) is 5.49. The molecule has 0 saturated carbocycles. The molecule has 4 heteroatoms. The van der Waals surface area contributed by atoms with E-state index in [2.05, 4.69) is 17.3 Å². The van der Waals surface area contributed by atoms with Gasteiger partial charge in [0, 0.05) is 18.8 Å². The van der Waals surface area contributed by atoms with Gasteiger partial charge in [0.15, 0.2) is 6.04 Å². The van der Waals surface area contributed by atoms with E-state index in [4.69, 9.17) is 4.74 Å². The minimum Gasteiger partial charge on any atom is -0.460 e. The maximum absolute atomic E-state index is 12.8. The van der Waals surface area contributed by atoms with E-state index in [1.807, 2.05) is 60.7 Å². The third-order valence-electron chi connectivity index (χ3n) is 4.40. The summed E-state index contributed by atoms with van der Waals surface area (Å²) in [6.07, 6.45) is 1.81. The predicted molar refractivity (Wildman–Crippen MR) is 95.9 cm³/mol. The molecular weight excluding hydrogens is 300 g/mol. The molecule has 1 saturated heterocycles. The molecule has 126 valence electrons. The van der Waals surface area contributed by atoms with Crippen LogP contribution in [-0.4, -0.2) is 37.1 Å². The zero-order valence-corrected chi connectivity index (χ0v) is 14.0. The highest BCUT2D eigenvalue weighted by Crippen LogP contribution is 2.23. The molecule has 0 unspecified atom stereocenters. The fraction of sp³-hybridized carbons (Fsp3) is 0.350. The van der Waals surface area contributed by atoms with Gasteiger partial charge < -0.3 is 15.0 Å². The molecule has 2 aromatic carbocycles. The number of esters is 1. The largest absolute Gasteiger partial charge is 0.460 e. The zero-order chi connectivity index (χ0) is 16.8. The summed E-state index contributed by atoms with van der Waals surface area (Å²) in [5.41, 5.74) is 1.82. The van der Waals surface area contributed by atoms with Gasteiger partial charge in [-0.25, -0.2) is 4.79 Å². The van der Waals surface area contributed by atoms with Crippen LogP contribution in [0, 0.1) is 0 Å². The Morgan fingerprint density at radius 3 is 2.25 bits per heavy atom. The van der Waals surface area contributed by atoms with Gasteiger partial charge in [-0.3, -0.25) is 0 Å². The number of rotatable bonds is 5. The summed E-state index contributed by atoms with van der Waals surface area (Å²) in [6, 6.07) is 19.0. The Labute approximate surface area is 143 Å². The predicted octanol–water partition coefficient (Wildman–Crippen LogP) is 3.48. The highest BCUT2D eigenvalue weighted by molar-refractivity contribution is 5.81. The van der Waals surface area contributed by atoms with Gasteiger partial charge in [-0.1, -0.05) is 48.5 Å². The Morgan fingerprint density at radius 1 is 1.04 bits per heavy atom. The molecule has 1 atom stereocenters. The summed E-state index contributed by atoms with van der Waals surface area (Å²) in [6.45, 7) is 1.94. The molecule has 0 radical (unpaired) electrons. The molecule has 1 heterocycles. The number of para-hydroxylation sites is 1. The van der Waals surface area contributed by atoms with Crippen LogP contribution in [-0.2, 0) is 9.53 Å². The van der Waals surface area contributed by atoms with E-state index in [1.165, 1.54) is 0 Å². The van der Waals surface area contributed by atoms with E-state index in [0.29, 0.717) is 0 Å². The van der Waals surface area contributed by atoms with E-state index in [9.17, 15) is 4.79 Å². The minimum absolute atomic E-state index is 0.0116. The van der Waals surface area contributed by atoms with Crippen molar-refractivity contribution >= 4 is 11.7 Å². The van der Waals surface area contributed by atoms with E-state index >= 15 is 0 Å². The van der Waals surface area contributed by atoms with Crippen molar-refractivity contribution in [3.63, 3.8) is 0 Å². The van der Waals surface area contributed by atoms with Crippen molar-refractivity contribution in [1.29, 1.82) is 0 Å². The van der Waals surface area contributed by atoms with Crippen LogP contribution in [0.15, 0.2) is 60.7 Å². The number of nitrogens with one attached hydrogen (secondary N) is 1. The average molecular weight is 324 g/mol. The molecule has 1 aliphatic heterocycles. The van der Waals surface area contributed by atoms with Crippen LogP contribution in [0.5, 0.6) is 0 Å². The second-order valence-corrected chi connectivity index (χ2v) is 6.29. The van der Waals surface area contributed by atoms with Crippen LogP contribution in [0.25, 0.3) is 0 Å².